The number of ether oxygens (including phenoxy) is 1. The van der Waals surface area contributed by atoms with Crippen molar-refractivity contribution < 1.29 is 13.9 Å². The minimum absolute atomic E-state index is 0.0978. The molecule has 1 aromatic heterocycles. The van der Waals surface area contributed by atoms with E-state index in [9.17, 15) is 4.79 Å². The summed E-state index contributed by atoms with van der Waals surface area (Å²) in [6, 6.07) is 15.4. The van der Waals surface area contributed by atoms with Crippen LogP contribution in [-0.4, -0.2) is 29.5 Å². The summed E-state index contributed by atoms with van der Waals surface area (Å²) < 4.78 is 11.2. The second-order valence-electron chi connectivity index (χ2n) is 5.91. The number of oxazole rings is 1. The van der Waals surface area contributed by atoms with Crippen molar-refractivity contribution in [3.8, 4) is 0 Å². The maximum Gasteiger partial charge on any atom is 0.341 e. The maximum atomic E-state index is 11.6. The largest absolute Gasteiger partial charge is 0.459 e. The van der Waals surface area contributed by atoms with Crippen molar-refractivity contribution in [2.45, 2.75) is 19.9 Å². The Balaban J connectivity index is 2.00. The van der Waals surface area contributed by atoms with E-state index in [-0.39, 0.29) is 12.6 Å². The molecule has 0 bridgehead atoms. The van der Waals surface area contributed by atoms with Crippen molar-refractivity contribution in [3.05, 3.63) is 60.0 Å². The van der Waals surface area contributed by atoms with Gasteiger partial charge in [0.05, 0.1) is 5.37 Å². The predicted molar refractivity (Wildman–Crippen MR) is 106 cm³/mol. The predicted octanol–water partition coefficient (Wildman–Crippen LogP) is 4.25. The van der Waals surface area contributed by atoms with Crippen molar-refractivity contribution in [3.63, 3.8) is 0 Å². The summed E-state index contributed by atoms with van der Waals surface area (Å²) in [5.41, 5.74) is 3.63. The molecule has 3 aromatic rings. The van der Waals surface area contributed by atoms with Crippen molar-refractivity contribution in [1.29, 1.82) is 0 Å². The van der Waals surface area contributed by atoms with E-state index in [0.29, 0.717) is 18.0 Å². The van der Waals surface area contributed by atoms with Crippen LogP contribution in [0.4, 0.5) is 5.69 Å². The molecular formula is C20H20N2O3S. The molecule has 0 aliphatic heterocycles. The molecule has 5 nitrogen and oxygen atoms in total. The summed E-state index contributed by atoms with van der Waals surface area (Å²) in [5.74, 6) is -0.0341. The van der Waals surface area contributed by atoms with Crippen LogP contribution in [0, 0.1) is 6.92 Å². The molecule has 0 saturated heterocycles. The molecule has 1 atom stereocenters. The number of esters is 1. The van der Waals surface area contributed by atoms with Gasteiger partial charge in [0.25, 0.3) is 0 Å². The summed E-state index contributed by atoms with van der Waals surface area (Å²) in [6.07, 6.45) is 0. The Labute approximate surface area is 157 Å². The van der Waals surface area contributed by atoms with Crippen LogP contribution < -0.4 is 4.90 Å². The Kier molecular flexibility index (Phi) is 5.63. The Hall–Kier alpha value is -2.73. The number of carbonyl (C=O) groups is 1. The van der Waals surface area contributed by atoms with Gasteiger partial charge in [-0.25, -0.2) is 9.78 Å². The topological polar surface area (TPSA) is 55.6 Å². The molecule has 2 aromatic carbocycles. The molecule has 26 heavy (non-hydrogen) atoms. The molecule has 0 spiro atoms. The number of anilines is 1. The van der Waals surface area contributed by atoms with Gasteiger partial charge in [-0.15, -0.1) is 0 Å². The number of nitrogens with zero attached hydrogens (tertiary/aromatic N) is 2. The van der Waals surface area contributed by atoms with E-state index < -0.39 is 5.97 Å². The SMILES string of the molecule is CCN(c1cccc(C)c1)C(COC(=O)C=S)c1nc2ccccc2o1. The molecule has 0 aliphatic carbocycles. The highest BCUT2D eigenvalue weighted by molar-refractivity contribution is 7.80. The minimum Gasteiger partial charge on any atom is -0.459 e. The van der Waals surface area contributed by atoms with Crippen LogP contribution in [0.25, 0.3) is 11.1 Å². The number of rotatable bonds is 7. The van der Waals surface area contributed by atoms with Crippen LogP contribution in [0.15, 0.2) is 52.9 Å². The van der Waals surface area contributed by atoms with Gasteiger partial charge in [0, 0.05) is 12.2 Å². The fourth-order valence-electron chi connectivity index (χ4n) is 2.91. The molecule has 0 N–H and O–H groups in total. The molecule has 0 radical (unpaired) electrons. The second-order valence-corrected chi connectivity index (χ2v) is 6.14. The molecule has 1 heterocycles. The zero-order chi connectivity index (χ0) is 18.5. The Morgan fingerprint density at radius 3 is 2.81 bits per heavy atom. The molecule has 6 heteroatoms. The summed E-state index contributed by atoms with van der Waals surface area (Å²) >= 11 is 4.65. The number of para-hydroxylation sites is 2. The Bertz CT molecular complexity index is 889. The first kappa shape index (κ1) is 18.1. The van der Waals surface area contributed by atoms with Crippen molar-refractivity contribution in [1.82, 2.24) is 4.98 Å². The monoisotopic (exact) mass is 368 g/mol. The van der Waals surface area contributed by atoms with Crippen LogP contribution >= 0.6 is 12.2 Å². The van der Waals surface area contributed by atoms with Crippen molar-refractivity contribution in [2.24, 2.45) is 0 Å². The average Bonchev–Trinajstić information content (AvgIpc) is 3.08. The molecule has 0 saturated carbocycles. The first-order valence-corrected chi connectivity index (χ1v) is 8.90. The van der Waals surface area contributed by atoms with Crippen molar-refractivity contribution >= 4 is 40.3 Å². The number of aryl methyl sites for hydroxylation is 1. The lowest BCUT2D eigenvalue weighted by atomic mass is 10.1. The van der Waals surface area contributed by atoms with E-state index >= 15 is 0 Å². The number of carbonyl (C=O) groups excluding carboxylic acids is 1. The number of hydrogen-bond acceptors (Lipinski definition) is 6. The smallest absolute Gasteiger partial charge is 0.341 e. The van der Waals surface area contributed by atoms with Crippen LogP contribution in [0.3, 0.4) is 0 Å². The van der Waals surface area contributed by atoms with Crippen molar-refractivity contribution in [2.75, 3.05) is 18.1 Å². The fraction of sp³-hybridized carbons (Fsp3) is 0.250. The molecule has 3 rings (SSSR count). The lowest BCUT2D eigenvalue weighted by Crippen LogP contribution is -2.33. The van der Waals surface area contributed by atoms with Gasteiger partial charge < -0.3 is 14.1 Å². The molecule has 0 fully saturated rings. The number of hydrogen-bond donors (Lipinski definition) is 0. The van der Waals surface area contributed by atoms with E-state index in [2.05, 4.69) is 28.2 Å². The third-order valence-corrected chi connectivity index (χ3v) is 4.32. The van der Waals surface area contributed by atoms with Crippen LogP contribution in [0.2, 0.25) is 0 Å². The average molecular weight is 368 g/mol. The molecule has 0 aliphatic rings. The first-order valence-electron chi connectivity index (χ1n) is 8.43. The van der Waals surface area contributed by atoms with Crippen LogP contribution in [0.1, 0.15) is 24.4 Å². The van der Waals surface area contributed by atoms with Gasteiger partial charge in [-0.3, -0.25) is 0 Å². The van der Waals surface area contributed by atoms with E-state index in [4.69, 9.17) is 9.15 Å². The Morgan fingerprint density at radius 2 is 2.12 bits per heavy atom. The van der Waals surface area contributed by atoms with Gasteiger partial charge in [-0.1, -0.05) is 36.5 Å². The summed E-state index contributed by atoms with van der Waals surface area (Å²) in [7, 11) is 0. The highest BCUT2D eigenvalue weighted by Gasteiger charge is 2.26. The number of aromatic nitrogens is 1. The maximum absolute atomic E-state index is 11.6. The van der Waals surface area contributed by atoms with Crippen LogP contribution in [-0.2, 0) is 9.53 Å². The van der Waals surface area contributed by atoms with E-state index in [0.717, 1.165) is 22.1 Å². The van der Waals surface area contributed by atoms with E-state index in [1.165, 1.54) is 0 Å². The summed E-state index contributed by atoms with van der Waals surface area (Å²) in [6.45, 7) is 4.87. The number of thiocarbonyl (C=S) groups is 1. The standard InChI is InChI=1S/C20H20N2O3S/c1-3-22(15-8-6-7-14(2)11-15)17(12-24-19(23)13-26)20-21-16-9-4-5-10-18(16)25-20/h4-11,13,17H,3,12H2,1-2H3. The summed E-state index contributed by atoms with van der Waals surface area (Å²) in [4.78, 5) is 18.3. The molecule has 134 valence electrons. The fourth-order valence-corrected chi connectivity index (χ4v) is 2.98. The normalized spacial score (nSPS) is 11.9. The Morgan fingerprint density at radius 1 is 1.31 bits per heavy atom. The highest BCUT2D eigenvalue weighted by atomic mass is 32.1. The molecule has 1 unspecified atom stereocenters. The third kappa shape index (κ3) is 3.91. The second kappa shape index (κ2) is 8.10. The van der Waals surface area contributed by atoms with Gasteiger partial charge in [0.2, 0.25) is 5.89 Å². The van der Waals surface area contributed by atoms with Gasteiger partial charge in [0.15, 0.2) is 5.58 Å². The molecular weight excluding hydrogens is 348 g/mol. The van der Waals surface area contributed by atoms with Gasteiger partial charge in [-0.2, -0.15) is 0 Å². The quantitative estimate of drug-likeness (QED) is 0.459. The van der Waals surface area contributed by atoms with Gasteiger partial charge in [0.1, 0.15) is 18.2 Å². The highest BCUT2D eigenvalue weighted by Crippen LogP contribution is 2.29. The number of likely N-dealkylation sites (N-methyl/N-ethyl adjacent to an activating group) is 1. The zero-order valence-corrected chi connectivity index (χ0v) is 15.5. The lowest BCUT2D eigenvalue weighted by Gasteiger charge is -2.30. The number of benzene rings is 2. The van der Waals surface area contributed by atoms with E-state index in [1.54, 1.807) is 0 Å². The minimum atomic E-state index is -0.540. The zero-order valence-electron chi connectivity index (χ0n) is 14.7. The third-order valence-electron chi connectivity index (χ3n) is 4.13. The molecule has 0 amide bonds. The van der Waals surface area contributed by atoms with E-state index in [1.807, 2.05) is 56.3 Å². The first-order chi connectivity index (χ1) is 12.6. The number of fused-ring (bicyclic) bond motifs is 1. The van der Waals surface area contributed by atoms with Crippen LogP contribution in [0.5, 0.6) is 0 Å². The lowest BCUT2D eigenvalue weighted by molar-refractivity contribution is -0.135. The summed E-state index contributed by atoms with van der Waals surface area (Å²) in [5, 5.41) is 0.992. The van der Waals surface area contributed by atoms with Gasteiger partial charge >= 0.3 is 5.97 Å². The van der Waals surface area contributed by atoms with Gasteiger partial charge in [-0.05, 0) is 43.7 Å².